The van der Waals surface area contributed by atoms with Crippen LogP contribution in [0.3, 0.4) is 0 Å². The lowest BCUT2D eigenvalue weighted by Gasteiger charge is -2.65. The van der Waals surface area contributed by atoms with E-state index < -0.39 is 34.0 Å². The van der Waals surface area contributed by atoms with Crippen LogP contribution in [-0.2, 0) is 4.74 Å². The van der Waals surface area contributed by atoms with E-state index in [4.69, 9.17) is 4.74 Å². The summed E-state index contributed by atoms with van der Waals surface area (Å²) >= 11 is 0. The zero-order valence-electron chi connectivity index (χ0n) is 15.3. The van der Waals surface area contributed by atoms with Crippen LogP contribution < -0.4 is 29.4 Å². The number of rotatable bonds is 10. The third kappa shape index (κ3) is 8.35. The van der Waals surface area contributed by atoms with Crippen molar-refractivity contribution in [3.63, 3.8) is 0 Å². The predicted molar refractivity (Wildman–Crippen MR) is 89.0 cm³/mol. The molecule has 0 aliphatic heterocycles. The molecular formula is C16H26O7P2-4. The highest BCUT2D eigenvalue weighted by Crippen LogP contribution is 2.67. The van der Waals surface area contributed by atoms with Crippen LogP contribution >= 0.6 is 15.9 Å². The van der Waals surface area contributed by atoms with Crippen molar-refractivity contribution in [3.05, 3.63) is 34.9 Å². The molecule has 0 radical (unpaired) electrons. The Morgan fingerprint density at radius 3 is 1.68 bits per heavy atom. The number of allylic oxidation sites excluding steroid dienone is 4. The summed E-state index contributed by atoms with van der Waals surface area (Å²) in [6, 6.07) is 0. The predicted octanol–water partition coefficient (Wildman–Crippen LogP) is -0.607. The molecule has 0 aliphatic rings. The average molecular weight is 392 g/mol. The van der Waals surface area contributed by atoms with Crippen molar-refractivity contribution in [2.24, 2.45) is 0 Å². The molecule has 146 valence electrons. The Balaban J connectivity index is 5.31. The highest BCUT2D eigenvalue weighted by molar-refractivity contribution is 7.74. The molecule has 0 fully saturated rings. The zero-order valence-corrected chi connectivity index (χ0v) is 17.1. The van der Waals surface area contributed by atoms with Gasteiger partial charge in [-0.25, -0.2) is 0 Å². The van der Waals surface area contributed by atoms with E-state index in [1.807, 2.05) is 19.9 Å². The molecule has 0 bridgehead atoms. The monoisotopic (exact) mass is 392 g/mol. The van der Waals surface area contributed by atoms with E-state index in [0.29, 0.717) is 12.0 Å². The quantitative estimate of drug-likeness (QED) is 0.356. The van der Waals surface area contributed by atoms with Gasteiger partial charge in [0.05, 0.1) is 13.0 Å². The Labute approximate surface area is 151 Å². The van der Waals surface area contributed by atoms with Gasteiger partial charge >= 0.3 is 0 Å². The second-order valence-corrected chi connectivity index (χ2v) is 10.2. The van der Waals surface area contributed by atoms with Gasteiger partial charge in [0, 0.05) is 0 Å². The lowest BCUT2D eigenvalue weighted by atomic mass is 10.1. The van der Waals surface area contributed by atoms with Gasteiger partial charge in [-0.05, 0) is 47.5 Å². The molecule has 9 heteroatoms. The molecule has 0 atom stereocenters. The minimum atomic E-state index is -5.87. The van der Waals surface area contributed by atoms with Crippen LogP contribution in [0.5, 0.6) is 0 Å². The van der Waals surface area contributed by atoms with E-state index in [9.17, 15) is 29.4 Å². The van der Waals surface area contributed by atoms with E-state index >= 15 is 0 Å². The lowest BCUT2D eigenvalue weighted by molar-refractivity contribution is -0.465. The molecule has 0 spiro atoms. The fraction of sp³-hybridized carbons (Fsp3) is 0.625. The first-order chi connectivity index (χ1) is 11.2. The lowest BCUT2D eigenvalue weighted by Crippen LogP contribution is -2.60. The summed E-state index contributed by atoms with van der Waals surface area (Å²) in [6.07, 6.45) is 5.28. The summed E-state index contributed by atoms with van der Waals surface area (Å²) in [4.78, 5) is 69.3. The average Bonchev–Trinajstić information content (AvgIpc) is 2.38. The zero-order chi connectivity index (χ0) is 19.9. The first kappa shape index (κ1) is 24.8. The van der Waals surface area contributed by atoms with E-state index in [2.05, 4.69) is 0 Å². The summed E-state index contributed by atoms with van der Waals surface area (Å²) in [5.74, 6) is 0. The summed E-state index contributed by atoms with van der Waals surface area (Å²) in [7, 11) is -11.7. The van der Waals surface area contributed by atoms with E-state index in [1.54, 1.807) is 20.8 Å². The van der Waals surface area contributed by atoms with Crippen molar-refractivity contribution < 1.29 is 34.1 Å². The maximum absolute atomic E-state index is 11.6. The molecule has 0 aliphatic carbocycles. The molecule has 7 nitrogen and oxygen atoms in total. The molecule has 0 aromatic rings. The van der Waals surface area contributed by atoms with Crippen molar-refractivity contribution in [3.8, 4) is 0 Å². The molecule has 25 heavy (non-hydrogen) atoms. The highest BCUT2D eigenvalue weighted by atomic mass is 31.3. The molecule has 0 saturated carbocycles. The van der Waals surface area contributed by atoms with Gasteiger partial charge in [-0.3, -0.25) is 0 Å². The maximum Gasteiger partial charge on any atom is 0.246 e. The van der Waals surface area contributed by atoms with Crippen LogP contribution in [-0.4, -0.2) is 11.7 Å². The van der Waals surface area contributed by atoms with Gasteiger partial charge in [-0.2, -0.15) is 0 Å². The fourth-order valence-corrected chi connectivity index (χ4v) is 4.23. The minimum absolute atomic E-state index is 0.458. The van der Waals surface area contributed by atoms with Crippen molar-refractivity contribution in [2.75, 3.05) is 6.61 Å². The maximum atomic E-state index is 11.6. The summed E-state index contributed by atoms with van der Waals surface area (Å²) in [5.41, 5.74) is 2.54. The van der Waals surface area contributed by atoms with E-state index in [1.165, 1.54) is 12.2 Å². The first-order valence-electron chi connectivity index (χ1n) is 7.83. The number of ether oxygens (including phenoxy) is 1. The van der Waals surface area contributed by atoms with Gasteiger partial charge in [0.25, 0.3) is 0 Å². The normalized spacial score (nSPS) is 13.6. The van der Waals surface area contributed by atoms with Crippen molar-refractivity contribution in [2.45, 2.75) is 59.0 Å². The molecule has 0 heterocycles. The molecule has 0 aromatic heterocycles. The number of hydrogen-bond acceptors (Lipinski definition) is 7. The van der Waals surface area contributed by atoms with Crippen molar-refractivity contribution in [1.29, 1.82) is 0 Å². The van der Waals surface area contributed by atoms with Crippen LogP contribution in [0.25, 0.3) is 0 Å². The molecule has 0 rings (SSSR count). The second kappa shape index (κ2) is 10.2. The molecule has 0 unspecified atom stereocenters. The van der Waals surface area contributed by atoms with Gasteiger partial charge in [0.1, 0.15) is 0 Å². The summed E-state index contributed by atoms with van der Waals surface area (Å²) in [6.45, 7) is 8.39. The fourth-order valence-electron chi connectivity index (χ4n) is 1.94. The van der Waals surface area contributed by atoms with E-state index in [-0.39, 0.29) is 0 Å². The topological polar surface area (TPSA) is 148 Å². The molecular weight excluding hydrogens is 366 g/mol. The van der Waals surface area contributed by atoms with E-state index in [0.717, 1.165) is 17.6 Å². The van der Waals surface area contributed by atoms with Crippen molar-refractivity contribution >= 4 is 15.9 Å². The Bertz CT molecular complexity index is 492. The van der Waals surface area contributed by atoms with Gasteiger partial charge in [0.2, 0.25) is 5.08 Å². The second-order valence-electron chi connectivity index (χ2n) is 6.41. The molecule has 0 N–H and O–H groups in total. The molecule has 0 saturated heterocycles. The SMILES string of the molecule is CC(C)=CCC/C(C)=C/COC(CC=C(C)C)([P+]([O-])([O-])[O-])[P+]([O-])([O-])[O-]. The van der Waals surface area contributed by atoms with Gasteiger partial charge in [-0.15, -0.1) is 0 Å². The smallest absolute Gasteiger partial charge is 0.246 e. The summed E-state index contributed by atoms with van der Waals surface area (Å²) in [5, 5.41) is -3.31. The standard InChI is InChI=1S/C16H30O7P2/c1-13(2)7-6-8-15(5)10-12-23-16(24(17,18)19,25(20,21)22)11-9-14(3)4/h7,9-10H,6,8,11-12H2,1-5H3,(H2,17,18,19)(H2,20,21,22)/p-4/b15-10+. The molecule has 0 aromatic carbocycles. The van der Waals surface area contributed by atoms with Gasteiger partial charge in [0.15, 0.2) is 0 Å². The Morgan fingerprint density at radius 1 is 0.800 bits per heavy atom. The Kier molecular flexibility index (Phi) is 10.1. The highest BCUT2D eigenvalue weighted by Gasteiger charge is 2.47. The Morgan fingerprint density at radius 2 is 1.28 bits per heavy atom. The van der Waals surface area contributed by atoms with Crippen LogP contribution in [0.1, 0.15) is 53.9 Å². The van der Waals surface area contributed by atoms with Gasteiger partial charge < -0.3 is 34.1 Å². The minimum Gasteiger partial charge on any atom is -0.683 e. The van der Waals surface area contributed by atoms with Crippen LogP contribution in [0.2, 0.25) is 0 Å². The number of hydrogen-bond donors (Lipinski definition) is 0. The van der Waals surface area contributed by atoms with Gasteiger partial charge in [-0.1, -0.05) is 50.8 Å². The summed E-state index contributed by atoms with van der Waals surface area (Å²) < 4.78 is 4.89. The van der Waals surface area contributed by atoms with Crippen LogP contribution in [0.4, 0.5) is 0 Å². The largest absolute Gasteiger partial charge is 0.683 e. The van der Waals surface area contributed by atoms with Crippen molar-refractivity contribution in [1.82, 2.24) is 0 Å². The third-order valence-corrected chi connectivity index (χ3v) is 7.27. The van der Waals surface area contributed by atoms with Crippen LogP contribution in [0.15, 0.2) is 34.9 Å². The first-order valence-corrected chi connectivity index (χ1v) is 10.9. The Hall–Kier alpha value is -0.200. The molecule has 0 amide bonds. The van der Waals surface area contributed by atoms with Crippen LogP contribution in [0, 0.1) is 0 Å². The third-order valence-electron chi connectivity index (χ3n) is 3.47.